The van der Waals surface area contributed by atoms with Crippen LogP contribution in [0.5, 0.6) is 11.5 Å². The van der Waals surface area contributed by atoms with Crippen molar-refractivity contribution in [1.29, 1.82) is 0 Å². The average molecular weight is 282 g/mol. The van der Waals surface area contributed by atoms with Crippen LogP contribution in [0.25, 0.3) is 6.08 Å². The summed E-state index contributed by atoms with van der Waals surface area (Å²) >= 11 is 0. The van der Waals surface area contributed by atoms with Crippen molar-refractivity contribution in [3.05, 3.63) is 65.7 Å². The van der Waals surface area contributed by atoms with Crippen LogP contribution in [0.2, 0.25) is 0 Å². The Hall–Kier alpha value is -2.55. The van der Waals surface area contributed by atoms with E-state index in [2.05, 4.69) is 0 Å². The number of hydrogen-bond acceptors (Lipinski definition) is 3. The Morgan fingerprint density at radius 2 is 1.90 bits per heavy atom. The Morgan fingerprint density at radius 1 is 1.14 bits per heavy atom. The molecule has 0 radical (unpaired) electrons. The monoisotopic (exact) mass is 282 g/mol. The second-order valence-electron chi connectivity index (χ2n) is 4.40. The van der Waals surface area contributed by atoms with Crippen molar-refractivity contribution in [3.63, 3.8) is 0 Å². The van der Waals surface area contributed by atoms with Crippen molar-refractivity contribution >= 4 is 11.9 Å². The maximum Gasteiger partial charge on any atom is 0.189 e. The van der Waals surface area contributed by atoms with Crippen LogP contribution in [-0.4, -0.2) is 19.5 Å². The highest BCUT2D eigenvalue weighted by Crippen LogP contribution is 2.25. The third-order valence-corrected chi connectivity index (χ3v) is 2.98. The van der Waals surface area contributed by atoms with Gasteiger partial charge in [-0.1, -0.05) is 36.4 Å². The fraction of sp³-hybridized carbons (Fsp3) is 0.167. The molecule has 0 bridgehead atoms. The molecule has 0 saturated carbocycles. The molecule has 0 atom stereocenters. The number of methoxy groups -OCH3 is 1. The van der Waals surface area contributed by atoms with Crippen molar-refractivity contribution in [2.45, 2.75) is 6.92 Å². The van der Waals surface area contributed by atoms with Crippen LogP contribution in [0.4, 0.5) is 0 Å². The molecule has 2 rings (SSSR count). The second-order valence-corrected chi connectivity index (χ2v) is 4.40. The van der Waals surface area contributed by atoms with Crippen LogP contribution in [0, 0.1) is 0 Å². The number of ether oxygens (including phenoxy) is 2. The minimum Gasteiger partial charge on any atom is -0.497 e. The maximum atomic E-state index is 12.4. The van der Waals surface area contributed by atoms with Crippen molar-refractivity contribution in [1.82, 2.24) is 0 Å². The van der Waals surface area contributed by atoms with Crippen molar-refractivity contribution in [2.24, 2.45) is 0 Å². The van der Waals surface area contributed by atoms with Crippen molar-refractivity contribution in [2.75, 3.05) is 13.7 Å². The number of hydrogen-bond donors (Lipinski definition) is 0. The van der Waals surface area contributed by atoms with Gasteiger partial charge < -0.3 is 9.47 Å². The van der Waals surface area contributed by atoms with Gasteiger partial charge in [-0.15, -0.1) is 0 Å². The number of ketones is 1. The first kappa shape index (κ1) is 14.9. The summed E-state index contributed by atoms with van der Waals surface area (Å²) in [7, 11) is 1.57. The summed E-state index contributed by atoms with van der Waals surface area (Å²) < 4.78 is 10.7. The zero-order valence-electron chi connectivity index (χ0n) is 12.2. The molecule has 0 spiro atoms. The average Bonchev–Trinajstić information content (AvgIpc) is 2.54. The fourth-order valence-electron chi connectivity index (χ4n) is 1.94. The summed E-state index contributed by atoms with van der Waals surface area (Å²) in [6.07, 6.45) is 3.34. The minimum absolute atomic E-state index is 0.110. The van der Waals surface area contributed by atoms with Crippen LogP contribution in [0.15, 0.2) is 54.6 Å². The van der Waals surface area contributed by atoms with Gasteiger partial charge in [-0.3, -0.25) is 4.79 Å². The third kappa shape index (κ3) is 3.96. The number of benzene rings is 2. The van der Waals surface area contributed by atoms with Gasteiger partial charge in [0, 0.05) is 0 Å². The Labute approximate surface area is 124 Å². The van der Waals surface area contributed by atoms with Gasteiger partial charge in [0.2, 0.25) is 0 Å². The summed E-state index contributed by atoms with van der Waals surface area (Å²) in [5.74, 6) is 1.09. The molecular weight excluding hydrogens is 264 g/mol. The van der Waals surface area contributed by atoms with E-state index in [0.717, 1.165) is 5.56 Å². The van der Waals surface area contributed by atoms with E-state index in [1.54, 1.807) is 37.5 Å². The SMILES string of the molecule is CCOc1ccc(OC)cc1C(=O)/C=C/c1ccccc1. The van der Waals surface area contributed by atoms with Gasteiger partial charge in [0.1, 0.15) is 11.5 Å². The highest BCUT2D eigenvalue weighted by atomic mass is 16.5. The van der Waals surface area contributed by atoms with Gasteiger partial charge in [-0.25, -0.2) is 0 Å². The lowest BCUT2D eigenvalue weighted by Crippen LogP contribution is -2.02. The number of allylic oxidation sites excluding steroid dienone is 1. The van der Waals surface area contributed by atoms with E-state index in [-0.39, 0.29) is 5.78 Å². The number of carbonyl (C=O) groups is 1. The van der Waals surface area contributed by atoms with Crippen molar-refractivity contribution < 1.29 is 14.3 Å². The maximum absolute atomic E-state index is 12.4. The topological polar surface area (TPSA) is 35.5 Å². The van der Waals surface area contributed by atoms with Gasteiger partial charge in [-0.05, 0) is 36.8 Å². The molecule has 0 heterocycles. The molecule has 0 aliphatic carbocycles. The molecule has 21 heavy (non-hydrogen) atoms. The van der Waals surface area contributed by atoms with E-state index in [0.29, 0.717) is 23.7 Å². The van der Waals surface area contributed by atoms with E-state index in [9.17, 15) is 4.79 Å². The molecule has 0 N–H and O–H groups in total. The lowest BCUT2D eigenvalue weighted by molar-refractivity contribution is 0.104. The molecule has 2 aromatic rings. The highest BCUT2D eigenvalue weighted by molar-refractivity contribution is 6.08. The molecule has 3 nitrogen and oxygen atoms in total. The quantitative estimate of drug-likeness (QED) is 0.593. The summed E-state index contributed by atoms with van der Waals surface area (Å²) in [5.41, 5.74) is 1.48. The first-order valence-electron chi connectivity index (χ1n) is 6.83. The van der Waals surface area contributed by atoms with E-state index in [1.165, 1.54) is 0 Å². The lowest BCUT2D eigenvalue weighted by atomic mass is 10.1. The second kappa shape index (κ2) is 7.29. The molecular formula is C18H18O3. The normalized spacial score (nSPS) is 10.6. The molecule has 3 heteroatoms. The highest BCUT2D eigenvalue weighted by Gasteiger charge is 2.11. The van der Waals surface area contributed by atoms with Gasteiger partial charge in [0.25, 0.3) is 0 Å². The number of rotatable bonds is 6. The van der Waals surface area contributed by atoms with Crippen LogP contribution in [0.3, 0.4) is 0 Å². The van der Waals surface area contributed by atoms with Gasteiger partial charge in [0.05, 0.1) is 19.3 Å². The van der Waals surface area contributed by atoms with Crippen molar-refractivity contribution in [3.8, 4) is 11.5 Å². The van der Waals surface area contributed by atoms with E-state index >= 15 is 0 Å². The van der Waals surface area contributed by atoms with Crippen LogP contribution in [-0.2, 0) is 0 Å². The molecule has 0 aromatic heterocycles. The summed E-state index contributed by atoms with van der Waals surface area (Å²) in [6, 6.07) is 14.9. The molecule has 0 fully saturated rings. The smallest absolute Gasteiger partial charge is 0.189 e. The van der Waals surface area contributed by atoms with Gasteiger partial charge in [0.15, 0.2) is 5.78 Å². The summed E-state index contributed by atoms with van der Waals surface area (Å²) in [6.45, 7) is 2.40. The van der Waals surface area contributed by atoms with Gasteiger partial charge >= 0.3 is 0 Å². The van der Waals surface area contributed by atoms with E-state index < -0.39 is 0 Å². The molecule has 0 unspecified atom stereocenters. The van der Waals surface area contributed by atoms with E-state index in [1.807, 2.05) is 37.3 Å². The Morgan fingerprint density at radius 3 is 2.57 bits per heavy atom. The first-order valence-corrected chi connectivity index (χ1v) is 6.83. The Bertz CT molecular complexity index is 630. The molecule has 0 aliphatic heterocycles. The third-order valence-electron chi connectivity index (χ3n) is 2.98. The minimum atomic E-state index is -0.110. The predicted molar refractivity (Wildman–Crippen MR) is 84.0 cm³/mol. The summed E-state index contributed by atoms with van der Waals surface area (Å²) in [4.78, 5) is 12.4. The van der Waals surface area contributed by atoms with E-state index in [4.69, 9.17) is 9.47 Å². The Balaban J connectivity index is 2.27. The first-order chi connectivity index (χ1) is 10.2. The largest absolute Gasteiger partial charge is 0.497 e. The summed E-state index contributed by atoms with van der Waals surface area (Å²) in [5, 5.41) is 0. The Kier molecular flexibility index (Phi) is 5.16. The zero-order valence-corrected chi connectivity index (χ0v) is 12.2. The van der Waals surface area contributed by atoms with Crippen LogP contribution in [0.1, 0.15) is 22.8 Å². The standard InChI is InChI=1S/C18H18O3/c1-3-21-18-12-10-15(20-2)13-16(18)17(19)11-9-14-7-5-4-6-8-14/h4-13H,3H2,1-2H3/b11-9+. The molecule has 2 aromatic carbocycles. The number of carbonyl (C=O) groups excluding carboxylic acids is 1. The molecule has 0 aliphatic rings. The lowest BCUT2D eigenvalue weighted by Gasteiger charge is -2.09. The zero-order chi connectivity index (χ0) is 15.1. The van der Waals surface area contributed by atoms with Crippen LogP contribution < -0.4 is 9.47 Å². The molecule has 108 valence electrons. The van der Waals surface area contributed by atoms with Gasteiger partial charge in [-0.2, -0.15) is 0 Å². The predicted octanol–water partition coefficient (Wildman–Crippen LogP) is 3.99. The van der Waals surface area contributed by atoms with Crippen LogP contribution >= 0.6 is 0 Å². The fourth-order valence-corrected chi connectivity index (χ4v) is 1.94. The molecule has 0 amide bonds. The molecule has 0 saturated heterocycles.